The molecule has 0 aliphatic carbocycles. The van der Waals surface area contributed by atoms with Crippen molar-refractivity contribution >= 4 is 27.5 Å². The molecular formula is C11H10BrFN2OS. The maximum atomic E-state index is 12.9. The van der Waals surface area contributed by atoms with Crippen molar-refractivity contribution in [2.24, 2.45) is 0 Å². The lowest BCUT2D eigenvalue weighted by molar-refractivity contribution is 0.472. The van der Waals surface area contributed by atoms with Crippen LogP contribution in [0.1, 0.15) is 19.2 Å². The van der Waals surface area contributed by atoms with Gasteiger partial charge >= 0.3 is 0 Å². The van der Waals surface area contributed by atoms with Gasteiger partial charge in [-0.3, -0.25) is 0 Å². The molecule has 1 heterocycles. The minimum absolute atomic E-state index is 0.312. The van der Waals surface area contributed by atoms with Crippen LogP contribution in [0.15, 0.2) is 22.7 Å². The third-order valence-corrected chi connectivity index (χ3v) is 3.27. The Bertz CT molecular complexity index is 518. The van der Waals surface area contributed by atoms with Crippen molar-refractivity contribution in [3.05, 3.63) is 34.3 Å². The van der Waals surface area contributed by atoms with Crippen LogP contribution in [0, 0.1) is 5.82 Å². The van der Waals surface area contributed by atoms with Crippen molar-refractivity contribution in [2.45, 2.75) is 19.8 Å². The smallest absolute Gasteiger partial charge is 0.298 e. The average Bonchev–Trinajstić information content (AvgIpc) is 2.71. The fourth-order valence-electron chi connectivity index (χ4n) is 1.26. The van der Waals surface area contributed by atoms with Gasteiger partial charge in [0.05, 0.1) is 4.47 Å². The fourth-order valence-corrected chi connectivity index (χ4v) is 2.28. The van der Waals surface area contributed by atoms with Gasteiger partial charge in [-0.1, -0.05) is 6.92 Å². The molecule has 0 aliphatic heterocycles. The van der Waals surface area contributed by atoms with E-state index in [2.05, 4.69) is 32.2 Å². The number of hydrogen-bond donors (Lipinski definition) is 0. The molecule has 0 bridgehead atoms. The summed E-state index contributed by atoms with van der Waals surface area (Å²) < 4.78 is 23.1. The summed E-state index contributed by atoms with van der Waals surface area (Å²) in [7, 11) is 0. The minimum atomic E-state index is -0.312. The first-order chi connectivity index (χ1) is 8.19. The number of halogens is 2. The van der Waals surface area contributed by atoms with Gasteiger partial charge in [-0.05, 0) is 40.5 Å². The van der Waals surface area contributed by atoms with Gasteiger partial charge < -0.3 is 4.74 Å². The Morgan fingerprint density at radius 3 is 3.00 bits per heavy atom. The van der Waals surface area contributed by atoms with Crippen LogP contribution in [0.25, 0.3) is 0 Å². The number of aryl methyl sites for hydroxylation is 1. The summed E-state index contributed by atoms with van der Waals surface area (Å²) in [5, 5.41) is 0.473. The summed E-state index contributed by atoms with van der Waals surface area (Å²) in [5.74, 6) is 1.00. The van der Waals surface area contributed by atoms with Crippen molar-refractivity contribution in [1.29, 1.82) is 0 Å². The lowest BCUT2D eigenvalue weighted by Crippen LogP contribution is -1.88. The van der Waals surface area contributed by atoms with Gasteiger partial charge in [0.2, 0.25) is 0 Å². The van der Waals surface area contributed by atoms with Gasteiger partial charge in [-0.15, -0.1) is 0 Å². The Hall–Kier alpha value is -1.01. The summed E-state index contributed by atoms with van der Waals surface area (Å²) >= 11 is 4.43. The number of hydrogen-bond acceptors (Lipinski definition) is 4. The van der Waals surface area contributed by atoms with Crippen LogP contribution >= 0.6 is 27.5 Å². The fraction of sp³-hybridized carbons (Fsp3) is 0.273. The Kier molecular flexibility index (Phi) is 4.06. The van der Waals surface area contributed by atoms with Gasteiger partial charge in [-0.25, -0.2) is 4.39 Å². The number of nitrogens with zero attached hydrogens (tertiary/aromatic N) is 2. The molecule has 0 unspecified atom stereocenters. The SMILES string of the molecule is CCCc1nsc(Oc2ccc(F)cc2Br)n1. The summed E-state index contributed by atoms with van der Waals surface area (Å²) in [6.45, 7) is 2.07. The van der Waals surface area contributed by atoms with Crippen molar-refractivity contribution in [2.75, 3.05) is 0 Å². The maximum absolute atomic E-state index is 12.9. The summed E-state index contributed by atoms with van der Waals surface area (Å²) in [5.41, 5.74) is 0. The topological polar surface area (TPSA) is 35.0 Å². The second-order valence-corrected chi connectivity index (χ2v) is 4.97. The van der Waals surface area contributed by atoms with E-state index in [-0.39, 0.29) is 5.82 Å². The largest absolute Gasteiger partial charge is 0.429 e. The van der Waals surface area contributed by atoms with E-state index in [1.807, 2.05) is 0 Å². The van der Waals surface area contributed by atoms with E-state index >= 15 is 0 Å². The van der Waals surface area contributed by atoms with Gasteiger partial charge in [0.25, 0.3) is 5.19 Å². The molecule has 0 amide bonds. The number of rotatable bonds is 4. The zero-order valence-electron chi connectivity index (χ0n) is 9.11. The third-order valence-electron chi connectivity index (χ3n) is 2.01. The zero-order valence-corrected chi connectivity index (χ0v) is 11.5. The molecule has 0 spiro atoms. The Morgan fingerprint density at radius 1 is 1.47 bits per heavy atom. The molecule has 1 aromatic carbocycles. The molecule has 17 heavy (non-hydrogen) atoms. The summed E-state index contributed by atoms with van der Waals surface area (Å²) in [6, 6.07) is 4.25. The second kappa shape index (κ2) is 5.55. The molecule has 6 heteroatoms. The lowest BCUT2D eigenvalue weighted by Gasteiger charge is -2.03. The van der Waals surface area contributed by atoms with Crippen molar-refractivity contribution in [3.8, 4) is 10.9 Å². The highest BCUT2D eigenvalue weighted by Gasteiger charge is 2.08. The Labute approximate surface area is 111 Å². The quantitative estimate of drug-likeness (QED) is 0.848. The first kappa shape index (κ1) is 12.4. The standard InChI is InChI=1S/C11H10BrFN2OS/c1-2-3-10-14-11(17-15-10)16-9-5-4-7(13)6-8(9)12/h4-6H,2-3H2,1H3. The van der Waals surface area contributed by atoms with Crippen molar-refractivity contribution in [3.63, 3.8) is 0 Å². The van der Waals surface area contributed by atoms with Crippen molar-refractivity contribution in [1.82, 2.24) is 9.36 Å². The lowest BCUT2D eigenvalue weighted by atomic mass is 10.3. The van der Waals surface area contributed by atoms with Crippen LogP contribution in [0.2, 0.25) is 0 Å². The van der Waals surface area contributed by atoms with E-state index < -0.39 is 0 Å². The molecule has 0 saturated carbocycles. The summed E-state index contributed by atoms with van der Waals surface area (Å²) in [6.07, 6.45) is 1.83. The van der Waals surface area contributed by atoms with Crippen LogP contribution in [0.3, 0.4) is 0 Å². The van der Waals surface area contributed by atoms with E-state index in [4.69, 9.17) is 4.74 Å². The van der Waals surface area contributed by atoms with Crippen LogP contribution in [-0.4, -0.2) is 9.36 Å². The first-order valence-corrected chi connectivity index (χ1v) is 6.71. The minimum Gasteiger partial charge on any atom is -0.429 e. The number of benzene rings is 1. The molecule has 3 nitrogen and oxygen atoms in total. The highest BCUT2D eigenvalue weighted by atomic mass is 79.9. The highest BCUT2D eigenvalue weighted by Crippen LogP contribution is 2.30. The van der Waals surface area contributed by atoms with E-state index in [9.17, 15) is 4.39 Å². The molecule has 0 radical (unpaired) electrons. The Balaban J connectivity index is 2.13. The second-order valence-electron chi connectivity index (χ2n) is 3.40. The predicted octanol–water partition coefficient (Wildman–Crippen LogP) is 4.18. The molecule has 1 aromatic heterocycles. The Morgan fingerprint density at radius 2 is 2.29 bits per heavy atom. The molecule has 0 N–H and O–H groups in total. The van der Waals surface area contributed by atoms with E-state index in [1.54, 1.807) is 6.07 Å². The third kappa shape index (κ3) is 3.23. The molecule has 2 rings (SSSR count). The average molecular weight is 317 g/mol. The van der Waals surface area contributed by atoms with E-state index in [0.29, 0.717) is 15.4 Å². The normalized spacial score (nSPS) is 10.5. The zero-order chi connectivity index (χ0) is 12.3. The van der Waals surface area contributed by atoms with Gasteiger partial charge in [0.1, 0.15) is 17.4 Å². The molecule has 0 aliphatic rings. The monoisotopic (exact) mass is 316 g/mol. The molecule has 90 valence electrons. The van der Waals surface area contributed by atoms with Crippen molar-refractivity contribution < 1.29 is 9.13 Å². The van der Waals surface area contributed by atoms with Gasteiger partial charge in [-0.2, -0.15) is 9.36 Å². The number of ether oxygens (including phenoxy) is 1. The van der Waals surface area contributed by atoms with Gasteiger partial charge in [0, 0.05) is 18.0 Å². The highest BCUT2D eigenvalue weighted by molar-refractivity contribution is 9.10. The molecule has 2 aromatic rings. The van der Waals surface area contributed by atoms with E-state index in [0.717, 1.165) is 18.7 Å². The van der Waals surface area contributed by atoms with Crippen LogP contribution in [-0.2, 0) is 6.42 Å². The molecule has 0 saturated heterocycles. The number of aromatic nitrogens is 2. The van der Waals surface area contributed by atoms with Crippen LogP contribution in [0.4, 0.5) is 4.39 Å². The van der Waals surface area contributed by atoms with Gasteiger partial charge in [0.15, 0.2) is 0 Å². The maximum Gasteiger partial charge on any atom is 0.298 e. The predicted molar refractivity (Wildman–Crippen MR) is 68.1 cm³/mol. The molecule has 0 fully saturated rings. The van der Waals surface area contributed by atoms with E-state index in [1.165, 1.54) is 23.7 Å². The molecule has 0 atom stereocenters. The molecular weight excluding hydrogens is 307 g/mol. The first-order valence-electron chi connectivity index (χ1n) is 5.14. The van der Waals surface area contributed by atoms with Crippen LogP contribution in [0.5, 0.6) is 10.9 Å². The van der Waals surface area contributed by atoms with Crippen LogP contribution < -0.4 is 4.74 Å². The summed E-state index contributed by atoms with van der Waals surface area (Å²) in [4.78, 5) is 4.23.